The van der Waals surface area contributed by atoms with Crippen LogP contribution in [0.15, 0.2) is 109 Å². The highest BCUT2D eigenvalue weighted by Gasteiger charge is 2.31. The van der Waals surface area contributed by atoms with Gasteiger partial charge in [-0.2, -0.15) is 0 Å². The number of nitrogens with zero attached hydrogens (tertiary/aromatic N) is 4. The minimum atomic E-state index is -0.618. The number of morpholine rings is 1. The summed E-state index contributed by atoms with van der Waals surface area (Å²) in [6.07, 6.45) is 2.58. The Kier molecular flexibility index (Phi) is 9.49. The molecule has 4 aromatic carbocycles. The van der Waals surface area contributed by atoms with E-state index in [0.717, 1.165) is 25.1 Å². The van der Waals surface area contributed by atoms with Gasteiger partial charge in [-0.15, -0.1) is 0 Å². The standard InChI is InChI=1S/C44H39FN4O7/c45-37-23-32(10-13-40(37)54-22-19-46-17-20-53-21-18-46)49(31-8-11-33(50)12-9-31)44(52)36-24-39(48-15-4-3-7-38(36)48)34-25-41-42(56-28-55-41)26-35(34)43(51)47-16-14-29-5-1-2-6-30(29)27-47/h1-13,15,23-26,50H,14,16-22,27-28H2. The Bertz CT molecular complexity index is 2440. The molecule has 11 nitrogen and oxygen atoms in total. The van der Waals surface area contributed by atoms with Crippen molar-refractivity contribution in [2.75, 3.05) is 57.7 Å². The lowest BCUT2D eigenvalue weighted by Crippen LogP contribution is -2.38. The number of carbonyl (C=O) groups excluding carboxylic acids is 2. The molecule has 1 fully saturated rings. The van der Waals surface area contributed by atoms with Crippen LogP contribution in [0.2, 0.25) is 0 Å². The van der Waals surface area contributed by atoms with E-state index in [2.05, 4.69) is 11.0 Å². The van der Waals surface area contributed by atoms with Crippen molar-refractivity contribution in [2.24, 2.45) is 0 Å². The van der Waals surface area contributed by atoms with Crippen LogP contribution in [-0.4, -0.2) is 83.9 Å². The molecule has 1 saturated heterocycles. The monoisotopic (exact) mass is 754 g/mol. The maximum atomic E-state index is 15.8. The first-order chi connectivity index (χ1) is 27.4. The molecule has 3 aliphatic heterocycles. The fourth-order valence-electron chi connectivity index (χ4n) is 7.66. The molecular weight excluding hydrogens is 716 g/mol. The van der Waals surface area contributed by atoms with E-state index < -0.39 is 11.7 Å². The number of halogens is 1. The SMILES string of the molecule is O=C(c1cc2c(cc1-c1cc(C(=O)N(c3ccc(O)cc3)c3ccc(OCCN4CCOCC4)c(F)c3)c3ccccn13)OCO2)N1CCc2ccccc2C1. The van der Waals surface area contributed by atoms with E-state index >= 15 is 4.39 Å². The molecule has 0 atom stereocenters. The molecule has 2 amide bonds. The van der Waals surface area contributed by atoms with E-state index in [0.29, 0.717) is 84.5 Å². The summed E-state index contributed by atoms with van der Waals surface area (Å²) in [5, 5.41) is 10.1. The fourth-order valence-corrected chi connectivity index (χ4v) is 7.66. The molecule has 284 valence electrons. The minimum absolute atomic E-state index is 0.0187. The van der Waals surface area contributed by atoms with Crippen molar-refractivity contribution in [1.82, 2.24) is 14.2 Å². The molecule has 0 radical (unpaired) electrons. The van der Waals surface area contributed by atoms with E-state index in [1.165, 1.54) is 34.7 Å². The minimum Gasteiger partial charge on any atom is -0.508 e. The third-order valence-electron chi connectivity index (χ3n) is 10.6. The van der Waals surface area contributed by atoms with Gasteiger partial charge in [-0.1, -0.05) is 30.3 Å². The molecule has 0 unspecified atom stereocenters. The van der Waals surface area contributed by atoms with Gasteiger partial charge >= 0.3 is 0 Å². The van der Waals surface area contributed by atoms with Crippen molar-refractivity contribution in [3.63, 3.8) is 0 Å². The van der Waals surface area contributed by atoms with E-state index in [9.17, 15) is 14.7 Å². The van der Waals surface area contributed by atoms with E-state index in [1.807, 2.05) is 51.9 Å². The number of hydrogen-bond donors (Lipinski definition) is 1. The Morgan fingerprint density at radius 3 is 2.36 bits per heavy atom. The zero-order valence-electron chi connectivity index (χ0n) is 30.5. The number of carbonyl (C=O) groups is 2. The van der Waals surface area contributed by atoms with Crippen LogP contribution in [-0.2, 0) is 17.7 Å². The Hall–Kier alpha value is -6.37. The number of benzene rings is 4. The van der Waals surface area contributed by atoms with Crippen LogP contribution in [0.1, 0.15) is 31.8 Å². The van der Waals surface area contributed by atoms with Crippen LogP contribution in [0.5, 0.6) is 23.0 Å². The summed E-state index contributed by atoms with van der Waals surface area (Å²) in [5.41, 5.74) is 5.46. The normalized spacial score (nSPS) is 15.1. The van der Waals surface area contributed by atoms with Gasteiger partial charge in [0.1, 0.15) is 12.4 Å². The molecule has 0 bridgehead atoms. The van der Waals surface area contributed by atoms with Crippen molar-refractivity contribution in [3.8, 4) is 34.3 Å². The highest BCUT2D eigenvalue weighted by molar-refractivity contribution is 6.16. The van der Waals surface area contributed by atoms with E-state index in [-0.39, 0.29) is 29.9 Å². The van der Waals surface area contributed by atoms with Crippen molar-refractivity contribution in [3.05, 3.63) is 137 Å². The van der Waals surface area contributed by atoms with Crippen LogP contribution in [0.3, 0.4) is 0 Å². The Morgan fingerprint density at radius 1 is 0.804 bits per heavy atom. The van der Waals surface area contributed by atoms with Crippen molar-refractivity contribution < 1.29 is 38.0 Å². The van der Waals surface area contributed by atoms with Gasteiger partial charge in [-0.05, 0) is 84.3 Å². The predicted octanol–water partition coefficient (Wildman–Crippen LogP) is 7.07. The van der Waals surface area contributed by atoms with Crippen LogP contribution < -0.4 is 19.1 Å². The topological polar surface area (TPSA) is 105 Å². The number of aromatic nitrogens is 1. The first kappa shape index (κ1) is 35.3. The average Bonchev–Trinajstić information content (AvgIpc) is 3.86. The predicted molar refractivity (Wildman–Crippen MR) is 208 cm³/mol. The third-order valence-corrected chi connectivity index (χ3v) is 10.6. The van der Waals surface area contributed by atoms with Crippen LogP contribution in [0.25, 0.3) is 16.8 Å². The molecule has 12 heteroatoms. The lowest BCUT2D eigenvalue weighted by atomic mass is 9.97. The van der Waals surface area contributed by atoms with Gasteiger partial charge in [0.2, 0.25) is 6.79 Å². The maximum absolute atomic E-state index is 15.8. The molecule has 2 aromatic heterocycles. The van der Waals surface area contributed by atoms with Gasteiger partial charge in [-0.3, -0.25) is 19.4 Å². The molecule has 5 heterocycles. The molecule has 0 spiro atoms. The van der Waals surface area contributed by atoms with Crippen LogP contribution in [0.4, 0.5) is 15.8 Å². The van der Waals surface area contributed by atoms with Crippen molar-refractivity contribution in [1.29, 1.82) is 0 Å². The van der Waals surface area contributed by atoms with Gasteiger partial charge in [0.05, 0.1) is 41.2 Å². The number of amides is 2. The van der Waals surface area contributed by atoms with Gasteiger partial charge in [0, 0.05) is 56.2 Å². The molecule has 1 N–H and O–H groups in total. The Labute approximate surface area is 322 Å². The summed E-state index contributed by atoms with van der Waals surface area (Å²) >= 11 is 0. The molecule has 6 aromatic rings. The van der Waals surface area contributed by atoms with Crippen LogP contribution >= 0.6 is 0 Å². The van der Waals surface area contributed by atoms with Crippen molar-refractivity contribution >= 4 is 28.7 Å². The molecule has 3 aliphatic rings. The lowest BCUT2D eigenvalue weighted by Gasteiger charge is -2.29. The smallest absolute Gasteiger partial charge is 0.265 e. The summed E-state index contributed by atoms with van der Waals surface area (Å²) < 4.78 is 40.4. The Balaban J connectivity index is 1.09. The molecule has 0 aliphatic carbocycles. The first-order valence-electron chi connectivity index (χ1n) is 18.7. The van der Waals surface area contributed by atoms with Crippen molar-refractivity contribution in [2.45, 2.75) is 13.0 Å². The second-order valence-corrected chi connectivity index (χ2v) is 14.0. The van der Waals surface area contributed by atoms with E-state index in [1.54, 1.807) is 36.4 Å². The zero-order valence-corrected chi connectivity index (χ0v) is 30.5. The van der Waals surface area contributed by atoms with Crippen LogP contribution in [0, 0.1) is 5.82 Å². The summed E-state index contributed by atoms with van der Waals surface area (Å²) in [4.78, 5) is 34.9. The highest BCUT2D eigenvalue weighted by Crippen LogP contribution is 2.42. The highest BCUT2D eigenvalue weighted by atomic mass is 19.1. The Morgan fingerprint density at radius 2 is 1.55 bits per heavy atom. The first-order valence-corrected chi connectivity index (χ1v) is 18.7. The average molecular weight is 755 g/mol. The maximum Gasteiger partial charge on any atom is 0.265 e. The number of aromatic hydroxyl groups is 1. The number of phenols is 1. The summed E-state index contributed by atoms with van der Waals surface area (Å²) in [6.45, 7) is 4.89. The zero-order chi connectivity index (χ0) is 38.2. The number of rotatable bonds is 9. The van der Waals surface area contributed by atoms with E-state index in [4.69, 9.17) is 18.9 Å². The largest absolute Gasteiger partial charge is 0.508 e. The quantitative estimate of drug-likeness (QED) is 0.167. The molecule has 56 heavy (non-hydrogen) atoms. The number of hydrogen-bond acceptors (Lipinski definition) is 8. The van der Waals surface area contributed by atoms with Gasteiger partial charge in [-0.25, -0.2) is 4.39 Å². The lowest BCUT2D eigenvalue weighted by molar-refractivity contribution is 0.0320. The summed E-state index contributed by atoms with van der Waals surface area (Å²) in [7, 11) is 0. The van der Waals surface area contributed by atoms with Gasteiger partial charge in [0.25, 0.3) is 11.8 Å². The second-order valence-electron chi connectivity index (χ2n) is 14.0. The summed E-state index contributed by atoms with van der Waals surface area (Å²) in [5.74, 6) is -0.174. The van der Waals surface area contributed by atoms with Gasteiger partial charge < -0.3 is 33.4 Å². The summed E-state index contributed by atoms with van der Waals surface area (Å²) in [6, 6.07) is 29.5. The van der Waals surface area contributed by atoms with Gasteiger partial charge in [0.15, 0.2) is 23.1 Å². The third kappa shape index (κ3) is 6.78. The molecular formula is C44H39FN4O7. The second kappa shape index (κ2) is 15.0. The number of ether oxygens (including phenoxy) is 4. The number of anilines is 2. The fraction of sp³-hybridized carbons (Fsp3) is 0.227. The molecule has 0 saturated carbocycles. The molecule has 9 rings (SSSR count). The number of pyridine rings is 1. The number of fused-ring (bicyclic) bond motifs is 3. The number of phenolic OH excluding ortho intramolecular Hbond substituents is 1.